The molecule has 0 unspecified atom stereocenters. The minimum Gasteiger partial charge on any atom is -0.337 e. The molecular weight excluding hydrogens is 360 g/mol. The van der Waals surface area contributed by atoms with Gasteiger partial charge in [-0.3, -0.25) is 14.5 Å². The molecule has 0 saturated carbocycles. The molecular formula is C16H15ClN6OS. The van der Waals surface area contributed by atoms with Crippen LogP contribution >= 0.6 is 23.4 Å². The molecule has 3 heterocycles. The van der Waals surface area contributed by atoms with Gasteiger partial charge in [0, 0.05) is 35.8 Å². The third-order valence-corrected chi connectivity index (χ3v) is 5.24. The van der Waals surface area contributed by atoms with Crippen LogP contribution in [0.4, 0.5) is 0 Å². The number of nitrogens with zero attached hydrogens (tertiary/aromatic N) is 5. The minimum atomic E-state index is 0.0810. The Kier molecular flexibility index (Phi) is 4.46. The van der Waals surface area contributed by atoms with Gasteiger partial charge in [0.05, 0.1) is 17.6 Å². The summed E-state index contributed by atoms with van der Waals surface area (Å²) in [6.45, 7) is 1.31. The molecule has 0 aliphatic carbocycles. The molecule has 0 spiro atoms. The summed E-state index contributed by atoms with van der Waals surface area (Å²) in [5.41, 5.74) is 3.08. The Morgan fingerprint density at radius 1 is 1.40 bits per heavy atom. The number of carbonyl (C=O) groups is 1. The lowest BCUT2D eigenvalue weighted by atomic mass is 10.1. The highest BCUT2D eigenvalue weighted by molar-refractivity contribution is 7.99. The Balaban J connectivity index is 1.42. The first-order valence-corrected chi connectivity index (χ1v) is 9.15. The summed E-state index contributed by atoms with van der Waals surface area (Å²) in [6, 6.07) is 7.44. The van der Waals surface area contributed by atoms with Crippen LogP contribution in [0.1, 0.15) is 11.3 Å². The zero-order valence-corrected chi connectivity index (χ0v) is 14.8. The van der Waals surface area contributed by atoms with E-state index in [-0.39, 0.29) is 5.91 Å². The largest absolute Gasteiger partial charge is 0.337 e. The Labute approximate surface area is 153 Å². The first kappa shape index (κ1) is 16.2. The van der Waals surface area contributed by atoms with Crippen molar-refractivity contribution in [3.8, 4) is 5.69 Å². The van der Waals surface area contributed by atoms with Crippen molar-refractivity contribution in [1.82, 2.24) is 29.9 Å². The van der Waals surface area contributed by atoms with Crippen molar-refractivity contribution in [1.29, 1.82) is 0 Å². The van der Waals surface area contributed by atoms with Crippen LogP contribution < -0.4 is 0 Å². The molecule has 1 aliphatic heterocycles. The fourth-order valence-electron chi connectivity index (χ4n) is 2.78. The maximum atomic E-state index is 12.5. The van der Waals surface area contributed by atoms with Crippen molar-refractivity contribution in [3.05, 3.63) is 53.1 Å². The normalized spacial score (nSPS) is 13.7. The number of aromatic nitrogens is 5. The Morgan fingerprint density at radius 3 is 3.20 bits per heavy atom. The van der Waals surface area contributed by atoms with Crippen LogP contribution in [0.15, 0.2) is 41.9 Å². The molecule has 0 fully saturated rings. The van der Waals surface area contributed by atoms with Gasteiger partial charge in [-0.05, 0) is 18.2 Å². The molecule has 0 bridgehead atoms. The van der Waals surface area contributed by atoms with Crippen LogP contribution in [-0.4, -0.2) is 48.1 Å². The van der Waals surface area contributed by atoms with Crippen LogP contribution in [0.2, 0.25) is 5.02 Å². The molecule has 1 aliphatic rings. The number of nitrogens with one attached hydrogen (secondary N) is 1. The molecule has 3 aromatic rings. The van der Waals surface area contributed by atoms with E-state index in [0.29, 0.717) is 29.0 Å². The average molecular weight is 375 g/mol. The lowest BCUT2D eigenvalue weighted by Gasteiger charge is -2.26. The highest BCUT2D eigenvalue weighted by atomic mass is 35.5. The van der Waals surface area contributed by atoms with Gasteiger partial charge in [0.2, 0.25) is 5.91 Å². The number of fused-ring (bicyclic) bond motifs is 1. The Morgan fingerprint density at radius 2 is 2.32 bits per heavy atom. The summed E-state index contributed by atoms with van der Waals surface area (Å²) in [7, 11) is 0. The van der Waals surface area contributed by atoms with Crippen molar-refractivity contribution < 1.29 is 4.79 Å². The van der Waals surface area contributed by atoms with Crippen molar-refractivity contribution in [2.75, 3.05) is 12.3 Å². The number of halogens is 1. The van der Waals surface area contributed by atoms with Gasteiger partial charge in [0.15, 0.2) is 5.16 Å². The fourth-order valence-corrected chi connectivity index (χ4v) is 3.79. The molecule has 1 N–H and O–H groups in total. The monoisotopic (exact) mass is 374 g/mol. The van der Waals surface area contributed by atoms with Crippen molar-refractivity contribution in [2.24, 2.45) is 0 Å². The number of thioether (sulfide) groups is 1. The van der Waals surface area contributed by atoms with Gasteiger partial charge < -0.3 is 4.90 Å². The SMILES string of the molecule is O=C(CSc1nncn1-c1cccc(Cl)c1)N1CCc2[nH]ncc2C1. The fraction of sp³-hybridized carbons (Fsp3) is 0.250. The molecule has 25 heavy (non-hydrogen) atoms. The van der Waals surface area contributed by atoms with Gasteiger partial charge in [-0.25, -0.2) is 0 Å². The van der Waals surface area contributed by atoms with Gasteiger partial charge in [-0.15, -0.1) is 10.2 Å². The quantitative estimate of drug-likeness (QED) is 0.709. The highest BCUT2D eigenvalue weighted by Gasteiger charge is 2.22. The second-order valence-electron chi connectivity index (χ2n) is 5.69. The van der Waals surface area contributed by atoms with Crippen molar-refractivity contribution >= 4 is 29.3 Å². The molecule has 128 valence electrons. The molecule has 9 heteroatoms. The number of aromatic amines is 1. The van der Waals surface area contributed by atoms with E-state index in [4.69, 9.17) is 11.6 Å². The second-order valence-corrected chi connectivity index (χ2v) is 7.07. The predicted molar refractivity (Wildman–Crippen MR) is 94.8 cm³/mol. The summed E-state index contributed by atoms with van der Waals surface area (Å²) in [5.74, 6) is 0.393. The van der Waals surface area contributed by atoms with E-state index in [9.17, 15) is 4.79 Å². The van der Waals surface area contributed by atoms with Crippen molar-refractivity contribution in [2.45, 2.75) is 18.1 Å². The number of hydrogen-bond acceptors (Lipinski definition) is 5. The first-order valence-electron chi connectivity index (χ1n) is 7.78. The second kappa shape index (κ2) is 6.89. The molecule has 2 aromatic heterocycles. The predicted octanol–water partition coefficient (Wildman–Crippen LogP) is 2.32. The average Bonchev–Trinajstić information content (AvgIpc) is 3.28. The molecule has 0 atom stereocenters. The lowest BCUT2D eigenvalue weighted by Crippen LogP contribution is -2.36. The van der Waals surface area contributed by atoms with E-state index in [0.717, 1.165) is 23.4 Å². The zero-order valence-electron chi connectivity index (χ0n) is 13.2. The maximum Gasteiger partial charge on any atom is 0.233 e. The summed E-state index contributed by atoms with van der Waals surface area (Å²) in [6.07, 6.45) is 4.22. The molecule has 7 nitrogen and oxygen atoms in total. The van der Waals surface area contributed by atoms with Gasteiger partial charge in [-0.1, -0.05) is 29.4 Å². The maximum absolute atomic E-state index is 12.5. The molecule has 0 saturated heterocycles. The Bertz CT molecular complexity index is 907. The minimum absolute atomic E-state index is 0.0810. The van der Waals surface area contributed by atoms with E-state index < -0.39 is 0 Å². The molecule has 4 rings (SSSR count). The number of benzene rings is 1. The smallest absolute Gasteiger partial charge is 0.233 e. The summed E-state index contributed by atoms with van der Waals surface area (Å²) >= 11 is 7.42. The first-order chi connectivity index (χ1) is 12.2. The topological polar surface area (TPSA) is 79.7 Å². The highest BCUT2D eigenvalue weighted by Crippen LogP contribution is 2.23. The van der Waals surface area contributed by atoms with Crippen LogP contribution in [-0.2, 0) is 17.8 Å². The van der Waals surface area contributed by atoms with E-state index in [1.165, 1.54) is 11.8 Å². The van der Waals surface area contributed by atoms with E-state index in [2.05, 4.69) is 20.4 Å². The third kappa shape index (κ3) is 3.40. The molecule has 1 aromatic carbocycles. The number of H-pyrrole nitrogens is 1. The van der Waals surface area contributed by atoms with Crippen LogP contribution in [0.3, 0.4) is 0 Å². The Hall–Kier alpha value is -2.32. The summed E-state index contributed by atoms with van der Waals surface area (Å²) in [4.78, 5) is 14.4. The van der Waals surface area contributed by atoms with Crippen LogP contribution in [0, 0.1) is 0 Å². The van der Waals surface area contributed by atoms with Crippen LogP contribution in [0.5, 0.6) is 0 Å². The molecule has 1 amide bonds. The zero-order chi connectivity index (χ0) is 17.2. The summed E-state index contributed by atoms with van der Waals surface area (Å²) in [5, 5.41) is 16.4. The van der Waals surface area contributed by atoms with Crippen molar-refractivity contribution in [3.63, 3.8) is 0 Å². The van der Waals surface area contributed by atoms with Gasteiger partial charge >= 0.3 is 0 Å². The summed E-state index contributed by atoms with van der Waals surface area (Å²) < 4.78 is 1.83. The molecule has 0 radical (unpaired) electrons. The van der Waals surface area contributed by atoms with Gasteiger partial charge in [0.1, 0.15) is 6.33 Å². The number of hydrogen-bond donors (Lipinski definition) is 1. The van der Waals surface area contributed by atoms with E-state index >= 15 is 0 Å². The van der Waals surface area contributed by atoms with Gasteiger partial charge in [-0.2, -0.15) is 5.10 Å². The third-order valence-electron chi connectivity index (χ3n) is 4.08. The number of amides is 1. The lowest BCUT2D eigenvalue weighted by molar-refractivity contribution is -0.129. The standard InChI is InChI=1S/C16H15ClN6OS/c17-12-2-1-3-13(6-12)23-10-19-21-16(23)25-9-15(24)22-5-4-14-11(8-22)7-18-20-14/h1-3,6-7,10H,4-5,8-9H2,(H,18,20). The van der Waals surface area contributed by atoms with E-state index in [1.807, 2.05) is 33.7 Å². The van der Waals surface area contributed by atoms with Gasteiger partial charge in [0.25, 0.3) is 0 Å². The number of rotatable bonds is 4. The van der Waals surface area contributed by atoms with E-state index in [1.54, 1.807) is 12.5 Å². The van der Waals surface area contributed by atoms with Crippen LogP contribution in [0.25, 0.3) is 5.69 Å². The number of carbonyl (C=O) groups excluding carboxylic acids is 1.